The van der Waals surface area contributed by atoms with E-state index in [0.717, 1.165) is 19.3 Å². The Hall–Kier alpha value is -1.58. The van der Waals surface area contributed by atoms with E-state index in [9.17, 15) is 9.59 Å². The molecule has 0 bridgehead atoms. The first kappa shape index (κ1) is 27.4. The summed E-state index contributed by atoms with van der Waals surface area (Å²) >= 11 is 0. The van der Waals surface area contributed by atoms with E-state index in [1.807, 2.05) is 0 Å². The lowest BCUT2D eigenvalue weighted by Gasteiger charge is -2.18. The van der Waals surface area contributed by atoms with Gasteiger partial charge in [0.15, 0.2) is 0 Å². The maximum Gasteiger partial charge on any atom is 0.336 e. The summed E-state index contributed by atoms with van der Waals surface area (Å²) in [4.78, 5) is 23.4. The molecular formula is C25H44O4. The molecule has 29 heavy (non-hydrogen) atoms. The Morgan fingerprint density at radius 2 is 0.931 bits per heavy atom. The summed E-state index contributed by atoms with van der Waals surface area (Å²) in [5.41, 5.74) is 0.588. The van der Waals surface area contributed by atoms with Gasteiger partial charge in [-0.15, -0.1) is 0 Å². The fourth-order valence-corrected chi connectivity index (χ4v) is 3.09. The van der Waals surface area contributed by atoms with E-state index in [2.05, 4.69) is 20.1 Å². The van der Waals surface area contributed by atoms with Crippen LogP contribution in [-0.4, -0.2) is 18.2 Å². The van der Waals surface area contributed by atoms with Crippen LogP contribution in [0, 0.1) is 0 Å². The van der Waals surface area contributed by atoms with Crippen LogP contribution >= 0.6 is 0 Å². The molecule has 0 heterocycles. The van der Waals surface area contributed by atoms with Crippen LogP contribution in [0.25, 0.3) is 0 Å². The van der Waals surface area contributed by atoms with E-state index in [-0.39, 0.29) is 0 Å². The SMILES string of the molecule is C=C(C)C(=O)OC(CCCCCCCCCCCCCCCC)OC(=O)C(=C)C. The van der Waals surface area contributed by atoms with E-state index in [1.54, 1.807) is 13.8 Å². The van der Waals surface area contributed by atoms with Crippen molar-refractivity contribution in [3.05, 3.63) is 24.3 Å². The number of rotatable bonds is 19. The highest BCUT2D eigenvalue weighted by atomic mass is 16.7. The van der Waals surface area contributed by atoms with Gasteiger partial charge in [-0.3, -0.25) is 0 Å². The van der Waals surface area contributed by atoms with Gasteiger partial charge in [-0.05, 0) is 20.3 Å². The van der Waals surface area contributed by atoms with Gasteiger partial charge in [0.25, 0.3) is 0 Å². The Morgan fingerprint density at radius 3 is 1.24 bits per heavy atom. The Labute approximate surface area is 179 Å². The fourth-order valence-electron chi connectivity index (χ4n) is 3.09. The maximum atomic E-state index is 11.7. The summed E-state index contributed by atoms with van der Waals surface area (Å²) in [5, 5.41) is 0. The van der Waals surface area contributed by atoms with Crippen LogP contribution in [0.2, 0.25) is 0 Å². The zero-order valence-electron chi connectivity index (χ0n) is 19.2. The Balaban J connectivity index is 3.76. The molecule has 0 aliphatic heterocycles. The van der Waals surface area contributed by atoms with Crippen LogP contribution < -0.4 is 0 Å². The molecule has 0 N–H and O–H groups in total. The molecule has 0 spiro atoms. The molecule has 0 rings (SSSR count). The number of ether oxygens (including phenoxy) is 2. The minimum atomic E-state index is -0.860. The van der Waals surface area contributed by atoms with Crippen molar-refractivity contribution >= 4 is 11.9 Å². The predicted molar refractivity (Wildman–Crippen MR) is 121 cm³/mol. The number of hydrogen-bond acceptors (Lipinski definition) is 4. The van der Waals surface area contributed by atoms with Crippen LogP contribution in [0.3, 0.4) is 0 Å². The van der Waals surface area contributed by atoms with Crippen LogP contribution in [0.15, 0.2) is 24.3 Å². The monoisotopic (exact) mass is 408 g/mol. The number of carbonyl (C=O) groups excluding carboxylic acids is 2. The zero-order valence-corrected chi connectivity index (χ0v) is 19.2. The standard InChI is InChI=1S/C25H44O4/c1-6-7-8-9-10-11-12-13-14-15-16-17-18-19-20-23(28-24(26)21(2)3)29-25(27)22(4)5/h23H,2,4,6-20H2,1,3,5H3. The van der Waals surface area contributed by atoms with E-state index >= 15 is 0 Å². The topological polar surface area (TPSA) is 52.6 Å². The highest BCUT2D eigenvalue weighted by Gasteiger charge is 2.19. The largest absolute Gasteiger partial charge is 0.422 e. The van der Waals surface area contributed by atoms with Crippen molar-refractivity contribution in [1.82, 2.24) is 0 Å². The van der Waals surface area contributed by atoms with Crippen molar-refractivity contribution in [1.29, 1.82) is 0 Å². The number of unbranched alkanes of at least 4 members (excludes halogenated alkanes) is 13. The van der Waals surface area contributed by atoms with Crippen LogP contribution in [0.5, 0.6) is 0 Å². The molecular weight excluding hydrogens is 364 g/mol. The molecule has 0 saturated carbocycles. The predicted octanol–water partition coefficient (Wildman–Crippen LogP) is 7.42. The van der Waals surface area contributed by atoms with Gasteiger partial charge in [0.2, 0.25) is 6.29 Å². The molecule has 0 fully saturated rings. The molecule has 4 heteroatoms. The Morgan fingerprint density at radius 1 is 0.621 bits per heavy atom. The smallest absolute Gasteiger partial charge is 0.336 e. The van der Waals surface area contributed by atoms with Gasteiger partial charge in [-0.2, -0.15) is 0 Å². The Kier molecular flexibility index (Phi) is 17.4. The molecule has 0 aliphatic rings. The average Bonchev–Trinajstić information content (AvgIpc) is 2.67. The summed E-state index contributed by atoms with van der Waals surface area (Å²) in [6, 6.07) is 0. The maximum absolute atomic E-state index is 11.7. The first-order valence-electron chi connectivity index (χ1n) is 11.6. The van der Waals surface area contributed by atoms with Gasteiger partial charge >= 0.3 is 11.9 Å². The quantitative estimate of drug-likeness (QED) is 0.0965. The molecule has 0 atom stereocenters. The molecule has 0 aromatic heterocycles. The van der Waals surface area contributed by atoms with Gasteiger partial charge in [0.1, 0.15) is 0 Å². The molecule has 0 radical (unpaired) electrons. The normalized spacial score (nSPS) is 10.8. The zero-order chi connectivity index (χ0) is 21.9. The van der Waals surface area contributed by atoms with Crippen molar-refractivity contribution in [2.45, 2.75) is 123 Å². The van der Waals surface area contributed by atoms with Crippen LogP contribution in [0.1, 0.15) is 117 Å². The Bertz CT molecular complexity index is 453. The second-order valence-corrected chi connectivity index (χ2v) is 8.19. The summed E-state index contributed by atoms with van der Waals surface area (Å²) in [5.74, 6) is -1.07. The molecule has 0 aliphatic carbocycles. The summed E-state index contributed by atoms with van der Waals surface area (Å²) in [7, 11) is 0. The summed E-state index contributed by atoms with van der Waals surface area (Å²) < 4.78 is 10.4. The first-order chi connectivity index (χ1) is 13.9. The minimum absolute atomic E-state index is 0.294. The summed E-state index contributed by atoms with van der Waals surface area (Å²) in [6.07, 6.45) is 17.6. The van der Waals surface area contributed by atoms with Crippen molar-refractivity contribution in [2.24, 2.45) is 0 Å². The second kappa shape index (κ2) is 18.4. The lowest BCUT2D eigenvalue weighted by Crippen LogP contribution is -2.25. The fraction of sp³-hybridized carbons (Fsp3) is 0.760. The molecule has 0 aromatic carbocycles. The third-order valence-electron chi connectivity index (χ3n) is 4.97. The molecule has 0 aromatic rings. The van der Waals surface area contributed by atoms with E-state index in [1.165, 1.54) is 70.6 Å². The highest BCUT2D eigenvalue weighted by Crippen LogP contribution is 2.16. The van der Waals surface area contributed by atoms with Gasteiger partial charge in [0.05, 0.1) is 0 Å². The van der Waals surface area contributed by atoms with Crippen molar-refractivity contribution in [2.75, 3.05) is 0 Å². The first-order valence-corrected chi connectivity index (χ1v) is 11.6. The highest BCUT2D eigenvalue weighted by molar-refractivity contribution is 5.88. The number of hydrogen-bond donors (Lipinski definition) is 0. The number of carbonyl (C=O) groups is 2. The van der Waals surface area contributed by atoms with Gasteiger partial charge in [-0.25, -0.2) is 9.59 Å². The van der Waals surface area contributed by atoms with E-state index in [0.29, 0.717) is 17.6 Å². The minimum Gasteiger partial charge on any atom is -0.422 e. The lowest BCUT2D eigenvalue weighted by atomic mass is 10.0. The van der Waals surface area contributed by atoms with Gasteiger partial charge in [0, 0.05) is 17.6 Å². The lowest BCUT2D eigenvalue weighted by molar-refractivity contribution is -0.183. The van der Waals surface area contributed by atoms with Crippen molar-refractivity contribution in [3.8, 4) is 0 Å². The molecule has 168 valence electrons. The number of esters is 2. The van der Waals surface area contributed by atoms with Crippen molar-refractivity contribution < 1.29 is 19.1 Å². The van der Waals surface area contributed by atoms with E-state index < -0.39 is 18.2 Å². The second-order valence-electron chi connectivity index (χ2n) is 8.19. The molecule has 0 amide bonds. The molecule has 4 nitrogen and oxygen atoms in total. The third kappa shape index (κ3) is 17.0. The van der Waals surface area contributed by atoms with E-state index in [4.69, 9.17) is 9.47 Å². The third-order valence-corrected chi connectivity index (χ3v) is 4.97. The van der Waals surface area contributed by atoms with Gasteiger partial charge < -0.3 is 9.47 Å². The van der Waals surface area contributed by atoms with Crippen LogP contribution in [-0.2, 0) is 19.1 Å². The van der Waals surface area contributed by atoms with Crippen LogP contribution in [0.4, 0.5) is 0 Å². The molecule has 0 unspecified atom stereocenters. The van der Waals surface area contributed by atoms with Crippen molar-refractivity contribution in [3.63, 3.8) is 0 Å². The molecule has 0 saturated heterocycles. The van der Waals surface area contributed by atoms with Gasteiger partial charge in [-0.1, -0.05) is 104 Å². The average molecular weight is 409 g/mol. The summed E-state index contributed by atoms with van der Waals surface area (Å²) in [6.45, 7) is 12.5.